The quantitative estimate of drug-likeness (QED) is 0.780. The molecule has 0 spiro atoms. The third kappa shape index (κ3) is 4.23. The zero-order valence-electron chi connectivity index (χ0n) is 8.75. The number of furan rings is 1. The van der Waals surface area contributed by atoms with Crippen LogP contribution in [0.5, 0.6) is 0 Å². The first kappa shape index (κ1) is 11.0. The summed E-state index contributed by atoms with van der Waals surface area (Å²) >= 11 is 0. The van der Waals surface area contributed by atoms with Gasteiger partial charge in [0, 0.05) is 18.4 Å². The Hall–Kier alpha value is -1.09. The number of rotatable bonds is 5. The Bertz CT molecular complexity index is 283. The Morgan fingerprint density at radius 1 is 1.57 bits per heavy atom. The Morgan fingerprint density at radius 2 is 2.29 bits per heavy atom. The van der Waals surface area contributed by atoms with Gasteiger partial charge in [-0.1, -0.05) is 0 Å². The summed E-state index contributed by atoms with van der Waals surface area (Å²) in [4.78, 5) is 11.5. The standard InChI is InChI=1S/C11H17NO2/c1-11(2,12)5-3-10(13)7-9-4-6-14-8-9/h4,6,8H,3,5,7,12H2,1-2H3. The van der Waals surface area contributed by atoms with Crippen LogP contribution in [0.25, 0.3) is 0 Å². The zero-order chi connectivity index (χ0) is 10.6. The number of Topliss-reactive ketones (excluding diaryl/α,β-unsaturated/α-hetero) is 1. The minimum atomic E-state index is -0.258. The van der Waals surface area contributed by atoms with Crippen LogP contribution in [-0.4, -0.2) is 11.3 Å². The highest BCUT2D eigenvalue weighted by Crippen LogP contribution is 2.10. The summed E-state index contributed by atoms with van der Waals surface area (Å²) in [5.74, 6) is 0.213. The van der Waals surface area contributed by atoms with Crippen molar-refractivity contribution in [2.24, 2.45) is 5.73 Å². The molecule has 0 saturated heterocycles. The predicted molar refractivity (Wildman–Crippen MR) is 54.9 cm³/mol. The highest BCUT2D eigenvalue weighted by atomic mass is 16.3. The molecule has 0 bridgehead atoms. The molecule has 0 atom stereocenters. The van der Waals surface area contributed by atoms with Crippen LogP contribution >= 0.6 is 0 Å². The predicted octanol–water partition coefficient (Wildman–Crippen LogP) is 1.91. The SMILES string of the molecule is CC(C)(N)CCC(=O)Cc1ccoc1. The highest BCUT2D eigenvalue weighted by molar-refractivity contribution is 5.80. The second kappa shape index (κ2) is 4.42. The molecule has 1 rings (SSSR count). The Labute approximate surface area is 84.3 Å². The smallest absolute Gasteiger partial charge is 0.137 e. The third-order valence-electron chi connectivity index (χ3n) is 2.03. The maximum atomic E-state index is 11.5. The number of hydrogen-bond acceptors (Lipinski definition) is 3. The molecule has 78 valence electrons. The van der Waals surface area contributed by atoms with Crippen LogP contribution < -0.4 is 5.73 Å². The Kier molecular flexibility index (Phi) is 3.47. The molecule has 0 unspecified atom stereocenters. The first-order valence-electron chi connectivity index (χ1n) is 4.79. The van der Waals surface area contributed by atoms with Gasteiger partial charge in [0.25, 0.3) is 0 Å². The third-order valence-corrected chi connectivity index (χ3v) is 2.03. The van der Waals surface area contributed by atoms with Gasteiger partial charge < -0.3 is 10.2 Å². The molecule has 0 radical (unpaired) electrons. The lowest BCUT2D eigenvalue weighted by molar-refractivity contribution is -0.118. The summed E-state index contributed by atoms with van der Waals surface area (Å²) in [6, 6.07) is 1.81. The summed E-state index contributed by atoms with van der Waals surface area (Å²) in [6.45, 7) is 3.86. The first-order valence-corrected chi connectivity index (χ1v) is 4.79. The van der Waals surface area contributed by atoms with Crippen molar-refractivity contribution in [2.75, 3.05) is 0 Å². The van der Waals surface area contributed by atoms with E-state index in [0.29, 0.717) is 12.8 Å². The number of carbonyl (C=O) groups excluding carboxylic acids is 1. The van der Waals surface area contributed by atoms with Gasteiger partial charge in [-0.3, -0.25) is 4.79 Å². The fourth-order valence-corrected chi connectivity index (χ4v) is 1.17. The van der Waals surface area contributed by atoms with Crippen LogP contribution in [0.1, 0.15) is 32.3 Å². The largest absolute Gasteiger partial charge is 0.472 e. The molecular weight excluding hydrogens is 178 g/mol. The van der Waals surface area contributed by atoms with Gasteiger partial charge in [-0.15, -0.1) is 0 Å². The summed E-state index contributed by atoms with van der Waals surface area (Å²) in [5, 5.41) is 0. The first-order chi connectivity index (χ1) is 6.47. The lowest BCUT2D eigenvalue weighted by Crippen LogP contribution is -2.32. The van der Waals surface area contributed by atoms with Crippen molar-refractivity contribution in [3.8, 4) is 0 Å². The summed E-state index contributed by atoms with van der Waals surface area (Å²) in [6.07, 6.45) is 4.89. The van der Waals surface area contributed by atoms with E-state index in [1.165, 1.54) is 0 Å². The van der Waals surface area contributed by atoms with Gasteiger partial charge in [-0.05, 0) is 31.9 Å². The topological polar surface area (TPSA) is 56.2 Å². The van der Waals surface area contributed by atoms with E-state index >= 15 is 0 Å². The lowest BCUT2D eigenvalue weighted by Gasteiger charge is -2.17. The molecule has 2 N–H and O–H groups in total. The van der Waals surface area contributed by atoms with E-state index in [2.05, 4.69) is 0 Å². The van der Waals surface area contributed by atoms with Crippen LogP contribution in [0.4, 0.5) is 0 Å². The van der Waals surface area contributed by atoms with Gasteiger partial charge in [0.1, 0.15) is 5.78 Å². The maximum absolute atomic E-state index is 11.5. The number of nitrogens with two attached hydrogens (primary N) is 1. The molecule has 0 aliphatic heterocycles. The molecule has 0 fully saturated rings. The fraction of sp³-hybridized carbons (Fsp3) is 0.545. The van der Waals surface area contributed by atoms with E-state index in [1.54, 1.807) is 12.5 Å². The summed E-state index contributed by atoms with van der Waals surface area (Å²) in [7, 11) is 0. The van der Waals surface area contributed by atoms with Crippen molar-refractivity contribution in [1.29, 1.82) is 0 Å². The lowest BCUT2D eigenvalue weighted by atomic mass is 9.97. The van der Waals surface area contributed by atoms with E-state index in [4.69, 9.17) is 10.2 Å². The number of carbonyl (C=O) groups is 1. The maximum Gasteiger partial charge on any atom is 0.137 e. The van der Waals surface area contributed by atoms with Gasteiger partial charge in [-0.25, -0.2) is 0 Å². The molecule has 3 nitrogen and oxygen atoms in total. The van der Waals surface area contributed by atoms with Crippen molar-refractivity contribution in [1.82, 2.24) is 0 Å². The van der Waals surface area contributed by atoms with Gasteiger partial charge in [0.05, 0.1) is 12.5 Å². The van der Waals surface area contributed by atoms with Crippen molar-refractivity contribution in [3.05, 3.63) is 24.2 Å². The minimum Gasteiger partial charge on any atom is -0.472 e. The molecule has 1 aromatic heterocycles. The molecule has 0 aliphatic rings. The van der Waals surface area contributed by atoms with Crippen LogP contribution in [0.2, 0.25) is 0 Å². The van der Waals surface area contributed by atoms with Crippen LogP contribution in [0.15, 0.2) is 23.0 Å². The molecular formula is C11H17NO2. The van der Waals surface area contributed by atoms with E-state index in [9.17, 15) is 4.79 Å². The van der Waals surface area contributed by atoms with Crippen molar-refractivity contribution < 1.29 is 9.21 Å². The molecule has 0 amide bonds. The molecule has 1 aromatic rings. The second-order valence-corrected chi connectivity index (χ2v) is 4.34. The fourth-order valence-electron chi connectivity index (χ4n) is 1.17. The average Bonchev–Trinajstić information content (AvgIpc) is 2.52. The normalized spacial score (nSPS) is 11.6. The molecule has 0 aliphatic carbocycles. The molecule has 1 heterocycles. The van der Waals surface area contributed by atoms with Gasteiger partial charge in [0.15, 0.2) is 0 Å². The molecule has 0 aromatic carbocycles. The Morgan fingerprint density at radius 3 is 2.79 bits per heavy atom. The Balaban J connectivity index is 2.30. The van der Waals surface area contributed by atoms with E-state index < -0.39 is 0 Å². The van der Waals surface area contributed by atoms with Crippen LogP contribution in [-0.2, 0) is 11.2 Å². The van der Waals surface area contributed by atoms with Gasteiger partial charge >= 0.3 is 0 Å². The molecule has 14 heavy (non-hydrogen) atoms. The summed E-state index contributed by atoms with van der Waals surface area (Å²) in [5.41, 5.74) is 6.46. The van der Waals surface area contributed by atoms with E-state index in [0.717, 1.165) is 12.0 Å². The van der Waals surface area contributed by atoms with Crippen molar-refractivity contribution in [3.63, 3.8) is 0 Å². The van der Waals surface area contributed by atoms with Gasteiger partial charge in [-0.2, -0.15) is 0 Å². The van der Waals surface area contributed by atoms with Gasteiger partial charge in [0.2, 0.25) is 0 Å². The van der Waals surface area contributed by atoms with E-state index in [-0.39, 0.29) is 11.3 Å². The van der Waals surface area contributed by atoms with Crippen molar-refractivity contribution >= 4 is 5.78 Å². The second-order valence-electron chi connectivity index (χ2n) is 4.34. The van der Waals surface area contributed by atoms with E-state index in [1.807, 2.05) is 19.9 Å². The highest BCUT2D eigenvalue weighted by Gasteiger charge is 2.13. The number of hydrogen-bond donors (Lipinski definition) is 1. The summed E-state index contributed by atoms with van der Waals surface area (Å²) < 4.78 is 4.88. The monoisotopic (exact) mass is 195 g/mol. The zero-order valence-corrected chi connectivity index (χ0v) is 8.75. The van der Waals surface area contributed by atoms with Crippen molar-refractivity contribution in [2.45, 2.75) is 38.6 Å². The average molecular weight is 195 g/mol. The molecule has 0 saturated carbocycles. The number of ketones is 1. The van der Waals surface area contributed by atoms with Crippen LogP contribution in [0, 0.1) is 0 Å². The van der Waals surface area contributed by atoms with Crippen LogP contribution in [0.3, 0.4) is 0 Å². The molecule has 3 heteroatoms. The minimum absolute atomic E-state index is 0.213.